The first-order valence-electron chi connectivity index (χ1n) is 7.66. The highest BCUT2D eigenvalue weighted by Gasteiger charge is 2.28. The van der Waals surface area contributed by atoms with Crippen LogP contribution in [0.5, 0.6) is 0 Å². The fraction of sp³-hybridized carbons (Fsp3) is 0.158. The van der Waals surface area contributed by atoms with Crippen LogP contribution < -0.4 is 10.2 Å². The van der Waals surface area contributed by atoms with E-state index in [1.807, 2.05) is 62.4 Å². The van der Waals surface area contributed by atoms with Crippen LogP contribution in [0, 0.1) is 13.8 Å². The molecule has 2 amide bonds. The lowest BCUT2D eigenvalue weighted by Gasteiger charge is -2.17. The molecule has 0 spiro atoms. The van der Waals surface area contributed by atoms with Crippen LogP contribution in [0.2, 0.25) is 0 Å². The molecule has 1 N–H and O–H groups in total. The normalized spacial score (nSPS) is 15.8. The van der Waals surface area contributed by atoms with Crippen LogP contribution in [0.3, 0.4) is 0 Å². The molecular formula is C19H18N2O2S. The van der Waals surface area contributed by atoms with Crippen molar-refractivity contribution in [1.29, 1.82) is 0 Å². The van der Waals surface area contributed by atoms with Gasteiger partial charge in [0.15, 0.2) is 0 Å². The van der Waals surface area contributed by atoms with Gasteiger partial charge in [-0.1, -0.05) is 48.2 Å². The maximum Gasteiger partial charge on any atom is 0.251 e. The lowest BCUT2D eigenvalue weighted by Crippen LogP contribution is -2.24. The molecule has 1 heterocycles. The number of para-hydroxylation sites is 2. The van der Waals surface area contributed by atoms with Crippen molar-refractivity contribution in [3.05, 3.63) is 70.8 Å². The maximum absolute atomic E-state index is 12.4. The van der Waals surface area contributed by atoms with E-state index < -0.39 is 0 Å². The minimum Gasteiger partial charge on any atom is -0.322 e. The van der Waals surface area contributed by atoms with Gasteiger partial charge in [-0.15, -0.1) is 0 Å². The molecule has 3 rings (SSSR count). The lowest BCUT2D eigenvalue weighted by atomic mass is 10.1. The molecule has 5 heteroatoms. The Bertz CT molecular complexity index is 795. The van der Waals surface area contributed by atoms with E-state index in [0.29, 0.717) is 10.8 Å². The first-order chi connectivity index (χ1) is 11.6. The highest BCUT2D eigenvalue weighted by atomic mass is 32.2. The number of nitrogens with one attached hydrogen (secondary N) is 1. The number of anilines is 2. The Morgan fingerprint density at radius 1 is 1.08 bits per heavy atom. The summed E-state index contributed by atoms with van der Waals surface area (Å²) in [7, 11) is 0. The molecule has 0 atom stereocenters. The predicted molar refractivity (Wildman–Crippen MR) is 99.0 cm³/mol. The molecule has 1 saturated heterocycles. The molecule has 0 bridgehead atoms. The van der Waals surface area contributed by atoms with Gasteiger partial charge in [0.1, 0.15) is 0 Å². The van der Waals surface area contributed by atoms with E-state index in [9.17, 15) is 9.59 Å². The summed E-state index contributed by atoms with van der Waals surface area (Å²) in [5.41, 5.74) is 3.62. The van der Waals surface area contributed by atoms with Gasteiger partial charge < -0.3 is 5.32 Å². The molecule has 1 aliphatic heterocycles. The highest BCUT2D eigenvalue weighted by molar-refractivity contribution is 8.04. The third-order valence-corrected chi connectivity index (χ3v) is 4.80. The quantitative estimate of drug-likeness (QED) is 0.865. The Kier molecular flexibility index (Phi) is 4.71. The van der Waals surface area contributed by atoms with Crippen molar-refractivity contribution >= 4 is 35.0 Å². The zero-order valence-corrected chi connectivity index (χ0v) is 14.4. The topological polar surface area (TPSA) is 49.4 Å². The van der Waals surface area contributed by atoms with Crippen molar-refractivity contribution in [1.82, 2.24) is 0 Å². The Morgan fingerprint density at radius 2 is 1.75 bits per heavy atom. The summed E-state index contributed by atoms with van der Waals surface area (Å²) in [6.45, 7) is 3.92. The van der Waals surface area contributed by atoms with E-state index in [-0.39, 0.29) is 11.8 Å². The monoisotopic (exact) mass is 338 g/mol. The van der Waals surface area contributed by atoms with Crippen LogP contribution in [0.1, 0.15) is 11.1 Å². The van der Waals surface area contributed by atoms with E-state index in [1.165, 1.54) is 17.8 Å². The number of thioether (sulfide) groups is 1. The van der Waals surface area contributed by atoms with Gasteiger partial charge in [-0.05, 0) is 37.1 Å². The van der Waals surface area contributed by atoms with Crippen LogP contribution in [0.25, 0.3) is 0 Å². The Labute approximate surface area is 145 Å². The van der Waals surface area contributed by atoms with Crippen molar-refractivity contribution in [2.24, 2.45) is 0 Å². The average Bonchev–Trinajstić information content (AvgIpc) is 2.92. The van der Waals surface area contributed by atoms with Crippen molar-refractivity contribution < 1.29 is 9.59 Å². The molecule has 0 aliphatic carbocycles. The first-order valence-corrected chi connectivity index (χ1v) is 8.64. The van der Waals surface area contributed by atoms with Gasteiger partial charge in [-0.2, -0.15) is 0 Å². The third-order valence-electron chi connectivity index (χ3n) is 3.81. The van der Waals surface area contributed by atoms with Crippen molar-refractivity contribution in [2.45, 2.75) is 13.8 Å². The molecule has 0 saturated carbocycles. The fourth-order valence-corrected chi connectivity index (χ4v) is 3.55. The number of benzene rings is 2. The number of rotatable bonds is 3. The standard InChI is InChI=1S/C19H18N2O2S/c1-13-7-6-8-14(2)19(13)20-16(22)11-18-21(17(23)12-24-18)15-9-4-3-5-10-15/h3-11H,12H2,1-2H3,(H,20,22). The zero-order valence-electron chi connectivity index (χ0n) is 13.6. The summed E-state index contributed by atoms with van der Waals surface area (Å²) in [4.78, 5) is 26.2. The Hall–Kier alpha value is -2.53. The molecule has 0 unspecified atom stereocenters. The van der Waals surface area contributed by atoms with Crippen molar-refractivity contribution in [2.75, 3.05) is 16.0 Å². The maximum atomic E-state index is 12.4. The van der Waals surface area contributed by atoms with E-state index >= 15 is 0 Å². The number of carbonyl (C=O) groups excluding carboxylic acids is 2. The second-order valence-electron chi connectivity index (χ2n) is 5.59. The van der Waals surface area contributed by atoms with Gasteiger partial charge >= 0.3 is 0 Å². The second-order valence-corrected chi connectivity index (χ2v) is 6.59. The molecule has 0 radical (unpaired) electrons. The van der Waals surface area contributed by atoms with E-state index in [0.717, 1.165) is 22.5 Å². The molecule has 1 aliphatic rings. The van der Waals surface area contributed by atoms with Crippen LogP contribution >= 0.6 is 11.8 Å². The van der Waals surface area contributed by atoms with E-state index in [2.05, 4.69) is 5.32 Å². The van der Waals surface area contributed by atoms with Crippen molar-refractivity contribution in [3.63, 3.8) is 0 Å². The van der Waals surface area contributed by atoms with Crippen LogP contribution in [-0.4, -0.2) is 17.6 Å². The zero-order chi connectivity index (χ0) is 17.1. The van der Waals surface area contributed by atoms with Crippen LogP contribution in [0.15, 0.2) is 59.6 Å². The predicted octanol–water partition coefficient (Wildman–Crippen LogP) is 3.86. The summed E-state index contributed by atoms with van der Waals surface area (Å²) in [6, 6.07) is 15.2. The fourth-order valence-electron chi connectivity index (χ4n) is 2.63. The largest absolute Gasteiger partial charge is 0.322 e. The first kappa shape index (κ1) is 16.3. The summed E-state index contributed by atoms with van der Waals surface area (Å²) in [5, 5.41) is 3.57. The molecular weight excluding hydrogens is 320 g/mol. The van der Waals surface area contributed by atoms with Gasteiger partial charge in [0.2, 0.25) is 5.91 Å². The summed E-state index contributed by atoms with van der Waals surface area (Å²) >= 11 is 1.38. The highest BCUT2D eigenvalue weighted by Crippen LogP contribution is 2.33. The number of amides is 2. The number of aryl methyl sites for hydroxylation is 2. The van der Waals surface area contributed by atoms with E-state index in [1.54, 1.807) is 4.90 Å². The lowest BCUT2D eigenvalue weighted by molar-refractivity contribution is -0.115. The number of hydrogen-bond acceptors (Lipinski definition) is 3. The molecule has 1 fully saturated rings. The second kappa shape index (κ2) is 6.93. The summed E-state index contributed by atoms with van der Waals surface area (Å²) in [5.74, 6) is 0.0973. The molecule has 24 heavy (non-hydrogen) atoms. The van der Waals surface area contributed by atoms with Gasteiger partial charge in [-0.25, -0.2) is 0 Å². The summed E-state index contributed by atoms with van der Waals surface area (Å²) < 4.78 is 0. The van der Waals surface area contributed by atoms with E-state index in [4.69, 9.17) is 0 Å². The van der Waals surface area contributed by atoms with Crippen LogP contribution in [0.4, 0.5) is 11.4 Å². The average molecular weight is 338 g/mol. The van der Waals surface area contributed by atoms with Gasteiger partial charge in [0.25, 0.3) is 5.91 Å². The van der Waals surface area contributed by atoms with Gasteiger partial charge in [0, 0.05) is 17.5 Å². The minimum atomic E-state index is -0.231. The Balaban J connectivity index is 1.84. The minimum absolute atomic E-state index is 0.0164. The van der Waals surface area contributed by atoms with Crippen LogP contribution in [-0.2, 0) is 9.59 Å². The molecule has 4 nitrogen and oxygen atoms in total. The summed E-state index contributed by atoms with van der Waals surface area (Å²) in [6.07, 6.45) is 1.49. The Morgan fingerprint density at radius 3 is 2.42 bits per heavy atom. The number of hydrogen-bond donors (Lipinski definition) is 1. The number of carbonyl (C=O) groups is 2. The number of nitrogens with zero attached hydrogens (tertiary/aromatic N) is 1. The molecule has 0 aromatic heterocycles. The van der Waals surface area contributed by atoms with Crippen molar-refractivity contribution in [3.8, 4) is 0 Å². The molecule has 2 aromatic carbocycles. The third kappa shape index (κ3) is 3.36. The smallest absolute Gasteiger partial charge is 0.251 e. The SMILES string of the molecule is Cc1cccc(C)c1NC(=O)C=C1SCC(=O)N1c1ccccc1. The molecule has 2 aromatic rings. The van der Waals surface area contributed by atoms with Gasteiger partial charge in [0.05, 0.1) is 10.8 Å². The van der Waals surface area contributed by atoms with Gasteiger partial charge in [-0.3, -0.25) is 14.5 Å². The molecule has 122 valence electrons.